The molecule has 0 amide bonds. The lowest BCUT2D eigenvalue weighted by Crippen LogP contribution is -2.45. The zero-order valence-corrected chi connectivity index (χ0v) is 10.1. The van der Waals surface area contributed by atoms with Gasteiger partial charge >= 0.3 is 5.97 Å². The van der Waals surface area contributed by atoms with E-state index in [1.54, 1.807) is 0 Å². The predicted octanol–water partition coefficient (Wildman–Crippen LogP) is 1.63. The SMILES string of the molecule is O=C(O)[C@@H]1CN(Cc2ccc(Cl)cc2)CCO1. The average molecular weight is 256 g/mol. The van der Waals surface area contributed by atoms with Crippen LogP contribution in [0.15, 0.2) is 24.3 Å². The number of rotatable bonds is 3. The van der Waals surface area contributed by atoms with Crippen molar-refractivity contribution in [3.05, 3.63) is 34.9 Å². The summed E-state index contributed by atoms with van der Waals surface area (Å²) in [6.45, 7) is 2.37. The minimum atomic E-state index is -0.897. The lowest BCUT2D eigenvalue weighted by molar-refractivity contribution is -0.156. The van der Waals surface area contributed by atoms with Crippen molar-refractivity contribution < 1.29 is 14.6 Å². The molecule has 0 radical (unpaired) electrons. The van der Waals surface area contributed by atoms with Crippen LogP contribution in [-0.4, -0.2) is 41.8 Å². The van der Waals surface area contributed by atoms with Crippen LogP contribution in [0.25, 0.3) is 0 Å². The molecular formula is C12H14ClNO3. The highest BCUT2D eigenvalue weighted by atomic mass is 35.5. The summed E-state index contributed by atoms with van der Waals surface area (Å²) in [5.41, 5.74) is 1.13. The first-order chi connectivity index (χ1) is 8.15. The van der Waals surface area contributed by atoms with Gasteiger partial charge in [0.25, 0.3) is 0 Å². The normalized spacial score (nSPS) is 21.4. The molecule has 1 aromatic rings. The van der Waals surface area contributed by atoms with E-state index in [0.717, 1.165) is 18.7 Å². The average Bonchev–Trinajstić information content (AvgIpc) is 2.32. The Kier molecular flexibility index (Phi) is 3.99. The van der Waals surface area contributed by atoms with Gasteiger partial charge < -0.3 is 9.84 Å². The molecule has 17 heavy (non-hydrogen) atoms. The van der Waals surface area contributed by atoms with Crippen molar-refractivity contribution in [1.82, 2.24) is 4.90 Å². The minimum absolute atomic E-state index is 0.429. The number of hydrogen-bond acceptors (Lipinski definition) is 3. The van der Waals surface area contributed by atoms with E-state index < -0.39 is 12.1 Å². The van der Waals surface area contributed by atoms with E-state index in [2.05, 4.69) is 4.90 Å². The zero-order chi connectivity index (χ0) is 12.3. The van der Waals surface area contributed by atoms with Crippen LogP contribution in [0.3, 0.4) is 0 Å². The molecule has 0 aromatic heterocycles. The Balaban J connectivity index is 1.94. The third-order valence-corrected chi connectivity index (χ3v) is 3.00. The van der Waals surface area contributed by atoms with Gasteiger partial charge in [0.15, 0.2) is 6.10 Å². The smallest absolute Gasteiger partial charge is 0.334 e. The van der Waals surface area contributed by atoms with Crippen molar-refractivity contribution in [1.29, 1.82) is 0 Å². The fraction of sp³-hybridized carbons (Fsp3) is 0.417. The van der Waals surface area contributed by atoms with Crippen molar-refractivity contribution in [2.75, 3.05) is 19.7 Å². The first kappa shape index (κ1) is 12.4. The monoisotopic (exact) mass is 255 g/mol. The third kappa shape index (κ3) is 3.43. The summed E-state index contributed by atoms with van der Waals surface area (Å²) in [5.74, 6) is -0.897. The summed E-state index contributed by atoms with van der Waals surface area (Å²) in [7, 11) is 0. The number of halogens is 1. The van der Waals surface area contributed by atoms with Gasteiger partial charge in [0.05, 0.1) is 6.61 Å². The Hall–Kier alpha value is -1.10. The topological polar surface area (TPSA) is 49.8 Å². The molecule has 1 saturated heterocycles. The summed E-state index contributed by atoms with van der Waals surface area (Å²) in [6.07, 6.45) is -0.712. The van der Waals surface area contributed by atoms with E-state index in [1.165, 1.54) is 0 Å². The number of benzene rings is 1. The second-order valence-corrected chi connectivity index (χ2v) is 4.50. The maximum absolute atomic E-state index is 10.8. The summed E-state index contributed by atoms with van der Waals surface area (Å²) in [6, 6.07) is 7.58. The van der Waals surface area contributed by atoms with Crippen molar-refractivity contribution >= 4 is 17.6 Å². The van der Waals surface area contributed by atoms with E-state index in [4.69, 9.17) is 21.4 Å². The van der Waals surface area contributed by atoms with Gasteiger partial charge in [0.1, 0.15) is 0 Å². The summed E-state index contributed by atoms with van der Waals surface area (Å²) >= 11 is 5.81. The maximum Gasteiger partial charge on any atom is 0.334 e. The quantitative estimate of drug-likeness (QED) is 0.892. The van der Waals surface area contributed by atoms with Crippen LogP contribution >= 0.6 is 11.6 Å². The second kappa shape index (κ2) is 5.49. The van der Waals surface area contributed by atoms with Crippen LogP contribution in [0.5, 0.6) is 0 Å². The van der Waals surface area contributed by atoms with E-state index >= 15 is 0 Å². The Morgan fingerprint density at radius 3 is 2.82 bits per heavy atom. The highest BCUT2D eigenvalue weighted by molar-refractivity contribution is 6.30. The summed E-state index contributed by atoms with van der Waals surface area (Å²) in [5, 5.41) is 9.60. The number of hydrogen-bond donors (Lipinski definition) is 1. The molecule has 2 rings (SSSR count). The van der Waals surface area contributed by atoms with E-state index in [0.29, 0.717) is 18.2 Å². The van der Waals surface area contributed by atoms with Crippen LogP contribution in [0, 0.1) is 0 Å². The van der Waals surface area contributed by atoms with E-state index in [9.17, 15) is 4.79 Å². The third-order valence-electron chi connectivity index (χ3n) is 2.75. The summed E-state index contributed by atoms with van der Waals surface area (Å²) in [4.78, 5) is 12.9. The molecule has 5 heteroatoms. The Morgan fingerprint density at radius 1 is 1.47 bits per heavy atom. The molecule has 92 valence electrons. The van der Waals surface area contributed by atoms with Crippen LogP contribution < -0.4 is 0 Å². The van der Waals surface area contributed by atoms with E-state index in [-0.39, 0.29) is 0 Å². The predicted molar refractivity (Wildman–Crippen MR) is 64.1 cm³/mol. The Bertz CT molecular complexity index is 393. The first-order valence-corrected chi connectivity index (χ1v) is 5.84. The second-order valence-electron chi connectivity index (χ2n) is 4.06. The lowest BCUT2D eigenvalue weighted by Gasteiger charge is -2.30. The number of ether oxygens (including phenoxy) is 1. The fourth-order valence-electron chi connectivity index (χ4n) is 1.84. The summed E-state index contributed by atoms with van der Waals surface area (Å²) < 4.78 is 5.16. The van der Waals surface area contributed by atoms with Crippen molar-refractivity contribution in [3.63, 3.8) is 0 Å². The van der Waals surface area contributed by atoms with Gasteiger partial charge in [-0.15, -0.1) is 0 Å². The van der Waals surface area contributed by atoms with Crippen LogP contribution in [0.4, 0.5) is 0 Å². The largest absolute Gasteiger partial charge is 0.479 e. The standard InChI is InChI=1S/C12H14ClNO3/c13-10-3-1-9(2-4-10)7-14-5-6-17-11(8-14)12(15)16/h1-4,11H,5-8H2,(H,15,16)/t11-/m0/s1. The van der Waals surface area contributed by atoms with Gasteiger partial charge in [-0.3, -0.25) is 4.90 Å². The van der Waals surface area contributed by atoms with E-state index in [1.807, 2.05) is 24.3 Å². The van der Waals surface area contributed by atoms with Gasteiger partial charge in [-0.1, -0.05) is 23.7 Å². The zero-order valence-electron chi connectivity index (χ0n) is 9.30. The lowest BCUT2D eigenvalue weighted by atomic mass is 10.2. The molecule has 1 fully saturated rings. The number of nitrogens with zero attached hydrogens (tertiary/aromatic N) is 1. The fourth-order valence-corrected chi connectivity index (χ4v) is 1.97. The maximum atomic E-state index is 10.8. The van der Waals surface area contributed by atoms with Gasteiger partial charge in [-0.25, -0.2) is 4.79 Å². The van der Waals surface area contributed by atoms with Crippen LogP contribution in [-0.2, 0) is 16.1 Å². The highest BCUT2D eigenvalue weighted by Gasteiger charge is 2.25. The molecule has 0 aliphatic carbocycles. The van der Waals surface area contributed by atoms with Gasteiger partial charge in [0.2, 0.25) is 0 Å². The molecule has 4 nitrogen and oxygen atoms in total. The molecule has 1 N–H and O–H groups in total. The highest BCUT2D eigenvalue weighted by Crippen LogP contribution is 2.13. The molecule has 1 aliphatic rings. The Morgan fingerprint density at radius 2 is 2.18 bits per heavy atom. The number of morpholine rings is 1. The molecule has 0 unspecified atom stereocenters. The molecule has 1 aromatic carbocycles. The minimum Gasteiger partial charge on any atom is -0.479 e. The number of carbonyl (C=O) groups is 1. The van der Waals surface area contributed by atoms with Gasteiger partial charge in [0, 0.05) is 24.7 Å². The van der Waals surface area contributed by atoms with Crippen molar-refractivity contribution in [2.24, 2.45) is 0 Å². The number of aliphatic carboxylic acids is 1. The molecule has 0 saturated carbocycles. The first-order valence-electron chi connectivity index (χ1n) is 5.46. The van der Waals surface area contributed by atoms with Crippen molar-refractivity contribution in [3.8, 4) is 0 Å². The van der Waals surface area contributed by atoms with Crippen LogP contribution in [0.1, 0.15) is 5.56 Å². The van der Waals surface area contributed by atoms with Gasteiger partial charge in [-0.2, -0.15) is 0 Å². The van der Waals surface area contributed by atoms with Gasteiger partial charge in [-0.05, 0) is 17.7 Å². The molecular weight excluding hydrogens is 242 g/mol. The molecule has 0 bridgehead atoms. The number of carboxylic acid groups (broad SMARTS) is 1. The van der Waals surface area contributed by atoms with Crippen molar-refractivity contribution in [2.45, 2.75) is 12.6 Å². The Labute approximate surface area is 105 Å². The number of carboxylic acids is 1. The molecule has 1 aliphatic heterocycles. The molecule has 0 spiro atoms. The molecule has 1 atom stereocenters. The molecule has 1 heterocycles. The van der Waals surface area contributed by atoms with Crippen LogP contribution in [0.2, 0.25) is 5.02 Å².